The highest BCUT2D eigenvalue weighted by atomic mass is 32.1. The molecule has 2 aromatic carbocycles. The van der Waals surface area contributed by atoms with Crippen LogP contribution in [-0.2, 0) is 16.1 Å². The Morgan fingerprint density at radius 1 is 1.07 bits per heavy atom. The Balaban J connectivity index is 1.73. The number of ether oxygens (including phenoxy) is 2. The van der Waals surface area contributed by atoms with E-state index in [4.69, 9.17) is 9.47 Å². The van der Waals surface area contributed by atoms with E-state index < -0.39 is 5.97 Å². The van der Waals surface area contributed by atoms with Crippen LogP contribution < -0.4 is 15.4 Å². The minimum Gasteiger partial charge on any atom is -0.497 e. The number of hydrogen-bond donors (Lipinski definition) is 2. The van der Waals surface area contributed by atoms with E-state index >= 15 is 0 Å². The molecule has 30 heavy (non-hydrogen) atoms. The van der Waals surface area contributed by atoms with Crippen molar-refractivity contribution < 1.29 is 24.4 Å². The topological polar surface area (TPSA) is 81.2 Å². The average molecular weight is 426 g/mol. The van der Waals surface area contributed by atoms with Crippen molar-refractivity contribution in [2.75, 3.05) is 25.6 Å². The SMILES string of the molecule is CCOC(=O)c1c(-c2ccc(OC)cc2)csc1NC(=O)C[NH2+]Cc1ccccc1. The van der Waals surface area contributed by atoms with Gasteiger partial charge in [-0.15, -0.1) is 11.3 Å². The Hall–Kier alpha value is -3.16. The lowest BCUT2D eigenvalue weighted by molar-refractivity contribution is -0.659. The third-order valence-corrected chi connectivity index (χ3v) is 5.37. The summed E-state index contributed by atoms with van der Waals surface area (Å²) < 4.78 is 10.4. The van der Waals surface area contributed by atoms with Gasteiger partial charge in [-0.3, -0.25) is 4.79 Å². The zero-order chi connectivity index (χ0) is 21.3. The van der Waals surface area contributed by atoms with Gasteiger partial charge in [-0.25, -0.2) is 4.79 Å². The van der Waals surface area contributed by atoms with Crippen LogP contribution in [0.1, 0.15) is 22.8 Å². The summed E-state index contributed by atoms with van der Waals surface area (Å²) in [6.07, 6.45) is 0. The number of rotatable bonds is 9. The van der Waals surface area contributed by atoms with Crippen LogP contribution >= 0.6 is 11.3 Å². The number of anilines is 1. The van der Waals surface area contributed by atoms with Gasteiger partial charge in [-0.1, -0.05) is 42.5 Å². The van der Waals surface area contributed by atoms with E-state index in [0.717, 1.165) is 22.4 Å². The Bertz CT molecular complexity index is 984. The predicted octanol–water partition coefficient (Wildman–Crippen LogP) is 3.30. The summed E-state index contributed by atoms with van der Waals surface area (Å²) in [5.41, 5.74) is 3.11. The summed E-state index contributed by atoms with van der Waals surface area (Å²) in [7, 11) is 1.60. The van der Waals surface area contributed by atoms with Crippen LogP contribution in [0.4, 0.5) is 5.00 Å². The number of nitrogens with two attached hydrogens (primary N) is 1. The third-order valence-electron chi connectivity index (χ3n) is 4.48. The highest BCUT2D eigenvalue weighted by Crippen LogP contribution is 2.36. The Morgan fingerprint density at radius 3 is 2.47 bits per heavy atom. The van der Waals surface area contributed by atoms with E-state index in [1.807, 2.05) is 65.3 Å². The molecule has 0 fully saturated rings. The molecule has 3 aromatic rings. The Morgan fingerprint density at radius 2 is 1.80 bits per heavy atom. The lowest BCUT2D eigenvalue weighted by atomic mass is 10.0. The average Bonchev–Trinajstić information content (AvgIpc) is 3.18. The molecule has 1 heterocycles. The van der Waals surface area contributed by atoms with Crippen LogP contribution in [0.5, 0.6) is 5.75 Å². The molecule has 0 aliphatic carbocycles. The van der Waals surface area contributed by atoms with Crippen LogP contribution in [0.3, 0.4) is 0 Å². The van der Waals surface area contributed by atoms with Crippen molar-refractivity contribution in [1.29, 1.82) is 0 Å². The summed E-state index contributed by atoms with van der Waals surface area (Å²) in [6, 6.07) is 17.4. The number of carbonyl (C=O) groups excluding carboxylic acids is 2. The molecule has 6 nitrogen and oxygen atoms in total. The van der Waals surface area contributed by atoms with Gasteiger partial charge < -0.3 is 20.1 Å². The molecule has 0 bridgehead atoms. The smallest absolute Gasteiger partial charge is 0.341 e. The molecule has 0 aliphatic rings. The zero-order valence-corrected chi connectivity index (χ0v) is 17.8. The number of nitrogens with one attached hydrogen (secondary N) is 1. The number of carbonyl (C=O) groups is 2. The summed E-state index contributed by atoms with van der Waals surface area (Å²) in [5, 5.41) is 7.15. The summed E-state index contributed by atoms with van der Waals surface area (Å²) in [5.74, 6) is 0.113. The van der Waals surface area contributed by atoms with Crippen LogP contribution in [0.25, 0.3) is 11.1 Å². The standard InChI is InChI=1S/C23H24N2O4S/c1-3-29-23(27)21-19(17-9-11-18(28-2)12-10-17)15-30-22(21)25-20(26)14-24-13-16-7-5-4-6-8-16/h4-12,15,24H,3,13-14H2,1-2H3,(H,25,26)/p+1. The van der Waals surface area contributed by atoms with E-state index in [0.29, 0.717) is 17.1 Å². The van der Waals surface area contributed by atoms with Gasteiger partial charge in [0.25, 0.3) is 5.91 Å². The molecule has 0 atom stereocenters. The maximum absolute atomic E-state index is 12.6. The molecule has 0 aliphatic heterocycles. The number of quaternary nitrogens is 1. The molecule has 0 saturated carbocycles. The molecule has 3 N–H and O–H groups in total. The van der Waals surface area contributed by atoms with Gasteiger partial charge in [0.1, 0.15) is 22.9 Å². The van der Waals surface area contributed by atoms with Gasteiger partial charge in [-0.2, -0.15) is 0 Å². The Kier molecular flexibility index (Phi) is 7.59. The predicted molar refractivity (Wildman–Crippen MR) is 118 cm³/mol. The fourth-order valence-electron chi connectivity index (χ4n) is 3.00. The van der Waals surface area contributed by atoms with Crippen LogP contribution in [0.2, 0.25) is 0 Å². The number of methoxy groups -OCH3 is 1. The molecule has 0 radical (unpaired) electrons. The van der Waals surface area contributed by atoms with E-state index in [-0.39, 0.29) is 19.1 Å². The van der Waals surface area contributed by atoms with Crippen molar-refractivity contribution in [3.05, 3.63) is 71.1 Å². The van der Waals surface area contributed by atoms with Gasteiger partial charge in [0.05, 0.1) is 13.7 Å². The molecular formula is C23H25N2O4S+. The van der Waals surface area contributed by atoms with Crippen molar-refractivity contribution in [2.24, 2.45) is 0 Å². The number of benzene rings is 2. The van der Waals surface area contributed by atoms with Crippen LogP contribution in [0, 0.1) is 0 Å². The summed E-state index contributed by atoms with van der Waals surface area (Å²) in [6.45, 7) is 2.98. The molecule has 0 unspecified atom stereocenters. The minimum absolute atomic E-state index is 0.167. The second-order valence-corrected chi connectivity index (χ2v) is 7.41. The van der Waals surface area contributed by atoms with Crippen LogP contribution in [0.15, 0.2) is 60.0 Å². The van der Waals surface area contributed by atoms with Gasteiger partial charge >= 0.3 is 5.97 Å². The van der Waals surface area contributed by atoms with Crippen molar-refractivity contribution >= 4 is 28.2 Å². The van der Waals surface area contributed by atoms with Gasteiger partial charge in [0, 0.05) is 16.5 Å². The van der Waals surface area contributed by atoms with E-state index in [1.54, 1.807) is 14.0 Å². The first-order valence-electron chi connectivity index (χ1n) is 9.70. The van der Waals surface area contributed by atoms with Crippen molar-refractivity contribution in [3.8, 4) is 16.9 Å². The third kappa shape index (κ3) is 5.46. The summed E-state index contributed by atoms with van der Waals surface area (Å²) in [4.78, 5) is 25.1. The maximum Gasteiger partial charge on any atom is 0.341 e. The van der Waals surface area contributed by atoms with Gasteiger partial charge in [0.15, 0.2) is 6.54 Å². The molecule has 156 valence electrons. The second-order valence-electron chi connectivity index (χ2n) is 6.53. The first-order chi connectivity index (χ1) is 14.6. The number of amides is 1. The van der Waals surface area contributed by atoms with E-state index in [9.17, 15) is 9.59 Å². The van der Waals surface area contributed by atoms with Crippen molar-refractivity contribution in [3.63, 3.8) is 0 Å². The molecule has 0 spiro atoms. The van der Waals surface area contributed by atoms with Gasteiger partial charge in [-0.05, 0) is 24.6 Å². The zero-order valence-electron chi connectivity index (χ0n) is 17.0. The molecular weight excluding hydrogens is 400 g/mol. The summed E-state index contributed by atoms with van der Waals surface area (Å²) >= 11 is 1.32. The lowest BCUT2D eigenvalue weighted by Gasteiger charge is -2.09. The van der Waals surface area contributed by atoms with E-state index in [1.165, 1.54) is 11.3 Å². The van der Waals surface area contributed by atoms with Crippen molar-refractivity contribution in [1.82, 2.24) is 0 Å². The maximum atomic E-state index is 12.6. The van der Waals surface area contributed by atoms with Crippen molar-refractivity contribution in [2.45, 2.75) is 13.5 Å². The first-order valence-corrected chi connectivity index (χ1v) is 10.6. The largest absolute Gasteiger partial charge is 0.497 e. The monoisotopic (exact) mass is 425 g/mol. The number of thiophene rings is 1. The molecule has 1 amide bonds. The molecule has 7 heteroatoms. The fraction of sp³-hybridized carbons (Fsp3) is 0.217. The molecule has 3 rings (SSSR count). The lowest BCUT2D eigenvalue weighted by Crippen LogP contribution is -2.84. The van der Waals surface area contributed by atoms with E-state index in [2.05, 4.69) is 5.32 Å². The number of hydrogen-bond acceptors (Lipinski definition) is 5. The Labute approximate surface area is 179 Å². The first kappa shape index (κ1) is 21.5. The van der Waals surface area contributed by atoms with Gasteiger partial charge in [0.2, 0.25) is 0 Å². The minimum atomic E-state index is -0.451. The second kappa shape index (κ2) is 10.6. The normalized spacial score (nSPS) is 10.5. The fourth-order valence-corrected chi connectivity index (χ4v) is 3.97. The van der Waals surface area contributed by atoms with Crippen LogP contribution in [-0.4, -0.2) is 32.1 Å². The highest BCUT2D eigenvalue weighted by Gasteiger charge is 2.23. The molecule has 1 aromatic heterocycles. The quantitative estimate of drug-likeness (QED) is 0.516. The molecule has 0 saturated heterocycles. The highest BCUT2D eigenvalue weighted by molar-refractivity contribution is 7.15. The number of esters is 1.